The van der Waals surface area contributed by atoms with Crippen LogP contribution in [0, 0.1) is 5.92 Å². The van der Waals surface area contributed by atoms with Gasteiger partial charge >= 0.3 is 0 Å². The summed E-state index contributed by atoms with van der Waals surface area (Å²) in [6, 6.07) is 5.48. The number of piperidine rings is 1. The monoisotopic (exact) mass is 302 g/mol. The Morgan fingerprint density at radius 2 is 1.91 bits per heavy atom. The number of piperazine rings is 1. The second kappa shape index (κ2) is 7.53. The Morgan fingerprint density at radius 1 is 1.18 bits per heavy atom. The zero-order valence-corrected chi connectivity index (χ0v) is 14.0. The standard InChI is InChI=1S/C18H30N4/c1-15-5-10-21(11-6-15)14-18(17-3-7-19-8-4-17)22-12-9-20-16(2)13-22/h3-4,7-8,15-16,18,20H,5-6,9-14H2,1-2H3. The summed E-state index contributed by atoms with van der Waals surface area (Å²) in [7, 11) is 0. The van der Waals surface area contributed by atoms with Gasteiger partial charge in [0.05, 0.1) is 0 Å². The fourth-order valence-corrected chi connectivity index (χ4v) is 3.75. The molecule has 3 heterocycles. The maximum atomic E-state index is 4.20. The van der Waals surface area contributed by atoms with E-state index in [1.165, 1.54) is 31.5 Å². The van der Waals surface area contributed by atoms with Crippen molar-refractivity contribution in [2.45, 2.75) is 38.8 Å². The number of aromatic nitrogens is 1. The quantitative estimate of drug-likeness (QED) is 0.923. The van der Waals surface area contributed by atoms with Gasteiger partial charge in [-0.25, -0.2) is 0 Å². The van der Waals surface area contributed by atoms with Crippen molar-refractivity contribution in [3.63, 3.8) is 0 Å². The van der Waals surface area contributed by atoms with Crippen LogP contribution in [0.15, 0.2) is 24.5 Å². The van der Waals surface area contributed by atoms with E-state index in [9.17, 15) is 0 Å². The van der Waals surface area contributed by atoms with Crippen molar-refractivity contribution < 1.29 is 0 Å². The molecule has 2 aliphatic heterocycles. The molecule has 2 atom stereocenters. The van der Waals surface area contributed by atoms with Gasteiger partial charge in [-0.15, -0.1) is 0 Å². The van der Waals surface area contributed by atoms with Crippen LogP contribution >= 0.6 is 0 Å². The van der Waals surface area contributed by atoms with Crippen LogP contribution in [0.3, 0.4) is 0 Å². The Bertz CT molecular complexity index is 442. The molecule has 22 heavy (non-hydrogen) atoms. The molecule has 4 heteroatoms. The molecular weight excluding hydrogens is 272 g/mol. The van der Waals surface area contributed by atoms with Crippen LogP contribution in [0.2, 0.25) is 0 Å². The molecule has 0 bridgehead atoms. The first kappa shape index (κ1) is 15.9. The van der Waals surface area contributed by atoms with Crippen LogP contribution < -0.4 is 5.32 Å². The van der Waals surface area contributed by atoms with Crippen molar-refractivity contribution in [1.82, 2.24) is 20.1 Å². The molecule has 1 N–H and O–H groups in total. The van der Waals surface area contributed by atoms with Crippen LogP contribution in [0.4, 0.5) is 0 Å². The Kier molecular flexibility index (Phi) is 5.45. The first-order chi connectivity index (χ1) is 10.7. The summed E-state index contributed by atoms with van der Waals surface area (Å²) in [6.45, 7) is 11.7. The minimum Gasteiger partial charge on any atom is -0.312 e. The largest absolute Gasteiger partial charge is 0.312 e. The fourth-order valence-electron chi connectivity index (χ4n) is 3.75. The van der Waals surface area contributed by atoms with E-state index in [0.717, 1.165) is 32.1 Å². The number of pyridine rings is 1. The highest BCUT2D eigenvalue weighted by Crippen LogP contribution is 2.25. The lowest BCUT2D eigenvalue weighted by molar-refractivity contribution is 0.0928. The molecule has 3 rings (SSSR count). The van der Waals surface area contributed by atoms with Gasteiger partial charge < -0.3 is 10.2 Å². The van der Waals surface area contributed by atoms with Gasteiger partial charge in [0.2, 0.25) is 0 Å². The SMILES string of the molecule is CC1CCN(CC(c2ccncc2)N2CCNC(C)C2)CC1. The predicted octanol–water partition coefficient (Wildman–Crippen LogP) is 2.15. The van der Waals surface area contributed by atoms with Crippen LogP contribution in [0.1, 0.15) is 38.3 Å². The molecular formula is C18H30N4. The Morgan fingerprint density at radius 3 is 2.59 bits per heavy atom. The van der Waals surface area contributed by atoms with Crippen molar-refractivity contribution in [3.8, 4) is 0 Å². The van der Waals surface area contributed by atoms with Crippen LogP contribution in [0.25, 0.3) is 0 Å². The lowest BCUT2D eigenvalue weighted by Gasteiger charge is -2.41. The summed E-state index contributed by atoms with van der Waals surface area (Å²) in [5, 5.41) is 3.56. The average Bonchev–Trinajstić information content (AvgIpc) is 2.55. The van der Waals surface area contributed by atoms with Gasteiger partial charge in [-0.3, -0.25) is 9.88 Å². The zero-order valence-electron chi connectivity index (χ0n) is 14.0. The molecule has 2 fully saturated rings. The van der Waals surface area contributed by atoms with Crippen LogP contribution in [-0.4, -0.2) is 60.1 Å². The number of hydrogen-bond donors (Lipinski definition) is 1. The van der Waals surface area contributed by atoms with Gasteiger partial charge in [0, 0.05) is 50.7 Å². The number of nitrogens with zero attached hydrogens (tertiary/aromatic N) is 3. The summed E-state index contributed by atoms with van der Waals surface area (Å²) in [4.78, 5) is 9.53. The minimum absolute atomic E-state index is 0.501. The lowest BCUT2D eigenvalue weighted by atomic mass is 9.97. The molecule has 0 radical (unpaired) electrons. The number of nitrogens with one attached hydrogen (secondary N) is 1. The van der Waals surface area contributed by atoms with E-state index in [0.29, 0.717) is 12.1 Å². The Balaban J connectivity index is 1.71. The molecule has 2 unspecified atom stereocenters. The molecule has 0 amide bonds. The van der Waals surface area contributed by atoms with E-state index in [1.54, 1.807) is 0 Å². The van der Waals surface area contributed by atoms with Crippen molar-refractivity contribution in [3.05, 3.63) is 30.1 Å². The third kappa shape index (κ3) is 4.06. The van der Waals surface area contributed by atoms with Gasteiger partial charge in [0.1, 0.15) is 0 Å². The van der Waals surface area contributed by atoms with E-state index in [2.05, 4.69) is 46.1 Å². The molecule has 1 aromatic rings. The molecule has 4 nitrogen and oxygen atoms in total. The normalized spacial score (nSPS) is 26.9. The third-order valence-corrected chi connectivity index (χ3v) is 5.24. The summed E-state index contributed by atoms with van der Waals surface area (Å²) in [5.41, 5.74) is 1.42. The summed E-state index contributed by atoms with van der Waals surface area (Å²) in [5.74, 6) is 0.898. The van der Waals surface area contributed by atoms with Crippen molar-refractivity contribution in [1.29, 1.82) is 0 Å². The molecule has 122 valence electrons. The van der Waals surface area contributed by atoms with Crippen molar-refractivity contribution >= 4 is 0 Å². The second-order valence-corrected chi connectivity index (χ2v) is 7.13. The van der Waals surface area contributed by atoms with Crippen LogP contribution in [-0.2, 0) is 0 Å². The molecule has 2 aliphatic rings. The molecule has 2 saturated heterocycles. The van der Waals surface area contributed by atoms with Gasteiger partial charge in [-0.05, 0) is 56.5 Å². The lowest BCUT2D eigenvalue weighted by Crippen LogP contribution is -2.52. The number of rotatable bonds is 4. The molecule has 0 spiro atoms. The third-order valence-electron chi connectivity index (χ3n) is 5.24. The first-order valence-electron chi connectivity index (χ1n) is 8.82. The van der Waals surface area contributed by atoms with E-state index >= 15 is 0 Å². The van der Waals surface area contributed by atoms with E-state index < -0.39 is 0 Å². The molecule has 0 saturated carbocycles. The maximum absolute atomic E-state index is 4.20. The van der Waals surface area contributed by atoms with Gasteiger partial charge in [-0.2, -0.15) is 0 Å². The Hall–Kier alpha value is -0.970. The second-order valence-electron chi connectivity index (χ2n) is 7.13. The summed E-state index contributed by atoms with van der Waals surface area (Å²) >= 11 is 0. The maximum Gasteiger partial charge on any atom is 0.0477 e. The van der Waals surface area contributed by atoms with Crippen LogP contribution in [0.5, 0.6) is 0 Å². The van der Waals surface area contributed by atoms with E-state index in [1.807, 2.05) is 12.4 Å². The predicted molar refractivity (Wildman–Crippen MR) is 90.9 cm³/mol. The molecule has 0 aromatic carbocycles. The summed E-state index contributed by atoms with van der Waals surface area (Å²) in [6.07, 6.45) is 6.57. The van der Waals surface area contributed by atoms with Crippen molar-refractivity contribution in [2.75, 3.05) is 39.3 Å². The first-order valence-corrected chi connectivity index (χ1v) is 8.82. The average molecular weight is 302 g/mol. The number of likely N-dealkylation sites (tertiary alicyclic amines) is 1. The summed E-state index contributed by atoms with van der Waals surface area (Å²) < 4.78 is 0. The minimum atomic E-state index is 0.501. The highest BCUT2D eigenvalue weighted by molar-refractivity contribution is 5.16. The Labute approximate surface area is 134 Å². The topological polar surface area (TPSA) is 31.4 Å². The highest BCUT2D eigenvalue weighted by atomic mass is 15.3. The molecule has 0 aliphatic carbocycles. The van der Waals surface area contributed by atoms with E-state index in [-0.39, 0.29) is 0 Å². The van der Waals surface area contributed by atoms with Gasteiger partial charge in [-0.1, -0.05) is 6.92 Å². The number of hydrogen-bond acceptors (Lipinski definition) is 4. The highest BCUT2D eigenvalue weighted by Gasteiger charge is 2.27. The molecule has 1 aromatic heterocycles. The fraction of sp³-hybridized carbons (Fsp3) is 0.722. The van der Waals surface area contributed by atoms with Gasteiger partial charge in [0.15, 0.2) is 0 Å². The smallest absolute Gasteiger partial charge is 0.0477 e. The zero-order chi connectivity index (χ0) is 15.4. The van der Waals surface area contributed by atoms with Crippen molar-refractivity contribution in [2.24, 2.45) is 5.92 Å². The van der Waals surface area contributed by atoms with Gasteiger partial charge in [0.25, 0.3) is 0 Å². The van der Waals surface area contributed by atoms with E-state index in [4.69, 9.17) is 0 Å².